The standard InChI is InChI=1S/C15H29N3.HI/c1-2-15(9-5-6-10-15)13-17-14(16)18-11-7-3-4-8-12-18;/h2-13H2,1H3,(H2,16,17);1H. The van der Waals surface area contributed by atoms with Gasteiger partial charge in [0.1, 0.15) is 0 Å². The Kier molecular flexibility index (Phi) is 7.47. The number of halogens is 1. The molecule has 3 nitrogen and oxygen atoms in total. The van der Waals surface area contributed by atoms with Crippen molar-refractivity contribution in [2.45, 2.75) is 64.7 Å². The Bertz CT molecular complexity index is 277. The first-order valence-electron chi connectivity index (χ1n) is 7.81. The predicted molar refractivity (Wildman–Crippen MR) is 93.1 cm³/mol. The zero-order valence-corrected chi connectivity index (χ0v) is 14.7. The molecule has 0 aromatic rings. The molecule has 1 saturated carbocycles. The zero-order chi connectivity index (χ0) is 12.8. The lowest BCUT2D eigenvalue weighted by Gasteiger charge is -2.27. The van der Waals surface area contributed by atoms with E-state index in [2.05, 4.69) is 11.8 Å². The lowest BCUT2D eigenvalue weighted by Crippen LogP contribution is -2.39. The first-order valence-corrected chi connectivity index (χ1v) is 7.81. The highest BCUT2D eigenvalue weighted by molar-refractivity contribution is 14.0. The summed E-state index contributed by atoms with van der Waals surface area (Å²) in [5.74, 6) is 0.802. The van der Waals surface area contributed by atoms with Crippen LogP contribution in [-0.2, 0) is 0 Å². The second-order valence-corrected chi connectivity index (χ2v) is 6.14. The van der Waals surface area contributed by atoms with E-state index in [0.29, 0.717) is 5.41 Å². The van der Waals surface area contributed by atoms with Crippen LogP contribution in [0.1, 0.15) is 64.7 Å². The van der Waals surface area contributed by atoms with Crippen LogP contribution in [0, 0.1) is 5.41 Å². The molecule has 4 heteroatoms. The highest BCUT2D eigenvalue weighted by Crippen LogP contribution is 2.41. The van der Waals surface area contributed by atoms with Crippen molar-refractivity contribution in [1.29, 1.82) is 0 Å². The van der Waals surface area contributed by atoms with Gasteiger partial charge in [-0.1, -0.05) is 32.6 Å². The molecule has 0 aromatic heterocycles. The van der Waals surface area contributed by atoms with E-state index in [9.17, 15) is 0 Å². The van der Waals surface area contributed by atoms with E-state index in [1.165, 1.54) is 57.8 Å². The smallest absolute Gasteiger partial charge is 0.191 e. The molecule has 0 bridgehead atoms. The first kappa shape index (κ1) is 17.1. The molecular weight excluding hydrogens is 349 g/mol. The minimum Gasteiger partial charge on any atom is -0.370 e. The second kappa shape index (κ2) is 8.32. The fourth-order valence-electron chi connectivity index (χ4n) is 3.40. The maximum Gasteiger partial charge on any atom is 0.191 e. The van der Waals surface area contributed by atoms with Crippen LogP contribution >= 0.6 is 24.0 Å². The molecule has 2 rings (SSSR count). The summed E-state index contributed by atoms with van der Waals surface area (Å²) in [5, 5.41) is 0. The van der Waals surface area contributed by atoms with Crippen molar-refractivity contribution < 1.29 is 0 Å². The second-order valence-electron chi connectivity index (χ2n) is 6.14. The van der Waals surface area contributed by atoms with Crippen LogP contribution in [0.5, 0.6) is 0 Å². The zero-order valence-electron chi connectivity index (χ0n) is 12.4. The van der Waals surface area contributed by atoms with Gasteiger partial charge in [-0.25, -0.2) is 0 Å². The third-order valence-corrected chi connectivity index (χ3v) is 4.92. The number of hydrogen-bond acceptors (Lipinski definition) is 1. The van der Waals surface area contributed by atoms with Gasteiger partial charge in [-0.15, -0.1) is 24.0 Å². The van der Waals surface area contributed by atoms with Crippen LogP contribution < -0.4 is 5.73 Å². The van der Waals surface area contributed by atoms with Gasteiger partial charge in [-0.2, -0.15) is 0 Å². The van der Waals surface area contributed by atoms with Gasteiger partial charge in [-0.3, -0.25) is 4.99 Å². The molecule has 0 amide bonds. The third kappa shape index (κ3) is 4.80. The molecule has 2 aliphatic rings. The molecule has 0 spiro atoms. The Labute approximate surface area is 135 Å². The molecule has 1 heterocycles. The van der Waals surface area contributed by atoms with Crippen molar-refractivity contribution in [3.05, 3.63) is 0 Å². The number of guanidine groups is 1. The molecule has 2 N–H and O–H groups in total. The molecule has 19 heavy (non-hydrogen) atoms. The van der Waals surface area contributed by atoms with Crippen LogP contribution in [0.25, 0.3) is 0 Å². The van der Waals surface area contributed by atoms with Gasteiger partial charge in [0.25, 0.3) is 0 Å². The van der Waals surface area contributed by atoms with Gasteiger partial charge >= 0.3 is 0 Å². The molecule has 1 saturated heterocycles. The molecular formula is C15H30IN3. The molecule has 2 fully saturated rings. The largest absolute Gasteiger partial charge is 0.370 e. The first-order chi connectivity index (χ1) is 8.76. The number of nitrogens with zero attached hydrogens (tertiary/aromatic N) is 2. The SMILES string of the molecule is CCC1(CN=C(N)N2CCCCCC2)CCCC1.I. The quantitative estimate of drug-likeness (QED) is 0.461. The molecule has 0 atom stereocenters. The number of hydrogen-bond donors (Lipinski definition) is 1. The number of rotatable bonds is 3. The van der Waals surface area contributed by atoms with Gasteiger partial charge in [0.15, 0.2) is 5.96 Å². The average molecular weight is 379 g/mol. The van der Waals surface area contributed by atoms with E-state index in [4.69, 9.17) is 10.7 Å². The summed E-state index contributed by atoms with van der Waals surface area (Å²) in [6.07, 6.45) is 12.0. The molecule has 1 aliphatic heterocycles. The summed E-state index contributed by atoms with van der Waals surface area (Å²) in [6, 6.07) is 0. The van der Waals surface area contributed by atoms with Crippen LogP contribution in [0.2, 0.25) is 0 Å². The van der Waals surface area contributed by atoms with E-state index < -0.39 is 0 Å². The van der Waals surface area contributed by atoms with E-state index in [1.807, 2.05) is 0 Å². The monoisotopic (exact) mass is 379 g/mol. The van der Waals surface area contributed by atoms with Crippen LogP contribution in [0.15, 0.2) is 4.99 Å². The molecule has 0 radical (unpaired) electrons. The van der Waals surface area contributed by atoms with Crippen LogP contribution in [0.4, 0.5) is 0 Å². The van der Waals surface area contributed by atoms with Crippen LogP contribution in [0.3, 0.4) is 0 Å². The van der Waals surface area contributed by atoms with E-state index in [0.717, 1.165) is 25.6 Å². The van der Waals surface area contributed by atoms with Gasteiger partial charge in [0.2, 0.25) is 0 Å². The summed E-state index contributed by atoms with van der Waals surface area (Å²) in [4.78, 5) is 7.03. The van der Waals surface area contributed by atoms with E-state index in [-0.39, 0.29) is 24.0 Å². The molecule has 0 unspecified atom stereocenters. The van der Waals surface area contributed by atoms with Gasteiger partial charge in [0.05, 0.1) is 0 Å². The molecule has 0 aromatic carbocycles. The van der Waals surface area contributed by atoms with Crippen molar-refractivity contribution in [1.82, 2.24) is 4.90 Å². The molecule has 112 valence electrons. The fourth-order valence-corrected chi connectivity index (χ4v) is 3.40. The minimum absolute atomic E-state index is 0. The average Bonchev–Trinajstić information content (AvgIpc) is 2.70. The number of likely N-dealkylation sites (tertiary alicyclic amines) is 1. The van der Waals surface area contributed by atoms with E-state index in [1.54, 1.807) is 0 Å². The minimum atomic E-state index is 0. The Hall–Kier alpha value is 0. The number of aliphatic imine (C=N–C) groups is 1. The Morgan fingerprint density at radius 3 is 2.16 bits per heavy atom. The normalized spacial score (nSPS) is 23.8. The maximum absolute atomic E-state index is 6.19. The highest BCUT2D eigenvalue weighted by Gasteiger charge is 2.31. The third-order valence-electron chi connectivity index (χ3n) is 4.92. The lowest BCUT2D eigenvalue weighted by atomic mass is 9.84. The van der Waals surface area contributed by atoms with Gasteiger partial charge in [-0.05, 0) is 37.5 Å². The molecule has 1 aliphatic carbocycles. The van der Waals surface area contributed by atoms with Crippen LogP contribution in [-0.4, -0.2) is 30.5 Å². The fraction of sp³-hybridized carbons (Fsp3) is 0.933. The summed E-state index contributed by atoms with van der Waals surface area (Å²) in [7, 11) is 0. The van der Waals surface area contributed by atoms with Crippen molar-refractivity contribution in [3.63, 3.8) is 0 Å². The topological polar surface area (TPSA) is 41.6 Å². The van der Waals surface area contributed by atoms with Crippen molar-refractivity contribution in [3.8, 4) is 0 Å². The Morgan fingerprint density at radius 1 is 1.05 bits per heavy atom. The van der Waals surface area contributed by atoms with Crippen molar-refractivity contribution in [2.24, 2.45) is 16.1 Å². The van der Waals surface area contributed by atoms with Crippen molar-refractivity contribution >= 4 is 29.9 Å². The number of nitrogens with two attached hydrogens (primary N) is 1. The van der Waals surface area contributed by atoms with Gasteiger partial charge < -0.3 is 10.6 Å². The summed E-state index contributed by atoms with van der Waals surface area (Å²) >= 11 is 0. The van der Waals surface area contributed by atoms with E-state index >= 15 is 0 Å². The Morgan fingerprint density at radius 2 is 1.63 bits per heavy atom. The summed E-state index contributed by atoms with van der Waals surface area (Å²) in [5.41, 5.74) is 6.65. The highest BCUT2D eigenvalue weighted by atomic mass is 127. The summed E-state index contributed by atoms with van der Waals surface area (Å²) < 4.78 is 0. The van der Waals surface area contributed by atoms with Crippen molar-refractivity contribution in [2.75, 3.05) is 19.6 Å². The Balaban J connectivity index is 0.00000180. The lowest BCUT2D eigenvalue weighted by molar-refractivity contribution is 0.295. The predicted octanol–water partition coefficient (Wildman–Crippen LogP) is 3.77. The van der Waals surface area contributed by atoms with Gasteiger partial charge in [0, 0.05) is 19.6 Å². The maximum atomic E-state index is 6.19. The summed E-state index contributed by atoms with van der Waals surface area (Å²) in [6.45, 7) is 5.47.